The van der Waals surface area contributed by atoms with E-state index in [0.717, 1.165) is 30.4 Å². The molecule has 0 saturated heterocycles. The van der Waals surface area contributed by atoms with E-state index >= 15 is 0 Å². The van der Waals surface area contributed by atoms with Crippen molar-refractivity contribution < 1.29 is 14.3 Å². The molecule has 0 atom stereocenters. The molecule has 1 aromatic rings. The molecule has 98 valence electrons. The zero-order valence-corrected chi connectivity index (χ0v) is 11.5. The molecule has 0 unspecified atom stereocenters. The highest BCUT2D eigenvalue weighted by Gasteiger charge is 2.46. The number of methoxy groups -OCH3 is 2. The molecular formula is C15H20O3. The quantitative estimate of drug-likeness (QED) is 0.768. The smallest absolute Gasteiger partial charge is 0.198 e. The van der Waals surface area contributed by atoms with Crippen LogP contribution in [0.2, 0.25) is 0 Å². The normalized spacial score (nSPS) is 17.1. The van der Waals surface area contributed by atoms with Crippen molar-refractivity contribution in [3.8, 4) is 5.75 Å². The van der Waals surface area contributed by atoms with Gasteiger partial charge in [-0.15, -0.1) is 0 Å². The summed E-state index contributed by atoms with van der Waals surface area (Å²) in [5.41, 5.74) is 2.11. The molecule has 0 radical (unpaired) electrons. The second kappa shape index (κ2) is 4.73. The number of benzene rings is 1. The largest absolute Gasteiger partial charge is 0.496 e. The lowest BCUT2D eigenvalue weighted by molar-refractivity contribution is -0.0450. The van der Waals surface area contributed by atoms with E-state index in [1.807, 2.05) is 26.0 Å². The highest BCUT2D eigenvalue weighted by atomic mass is 16.5. The summed E-state index contributed by atoms with van der Waals surface area (Å²) < 4.78 is 10.8. The zero-order chi connectivity index (χ0) is 13.3. The molecule has 1 fully saturated rings. The van der Waals surface area contributed by atoms with Gasteiger partial charge in [0, 0.05) is 7.11 Å². The van der Waals surface area contributed by atoms with Crippen LogP contribution < -0.4 is 4.74 Å². The van der Waals surface area contributed by atoms with Crippen molar-refractivity contribution in [3.63, 3.8) is 0 Å². The number of Topliss-reactive ketones (excluding diaryl/α,β-unsaturated/α-hetero) is 1. The SMILES string of the molecule is COc1cc(C)cc(C)c1C(=O)C1(OC)CCC1. The first-order valence-corrected chi connectivity index (χ1v) is 6.29. The average molecular weight is 248 g/mol. The maximum atomic E-state index is 12.7. The summed E-state index contributed by atoms with van der Waals surface area (Å²) >= 11 is 0. The fourth-order valence-corrected chi connectivity index (χ4v) is 2.63. The molecule has 2 rings (SSSR count). The Kier molecular flexibility index (Phi) is 3.44. The molecule has 3 nitrogen and oxygen atoms in total. The molecular weight excluding hydrogens is 228 g/mol. The van der Waals surface area contributed by atoms with Crippen LogP contribution in [0.15, 0.2) is 12.1 Å². The first-order valence-electron chi connectivity index (χ1n) is 6.29. The van der Waals surface area contributed by atoms with Crippen LogP contribution in [-0.4, -0.2) is 25.6 Å². The molecule has 18 heavy (non-hydrogen) atoms. The van der Waals surface area contributed by atoms with Crippen LogP contribution in [0, 0.1) is 13.8 Å². The second-order valence-corrected chi connectivity index (χ2v) is 5.04. The molecule has 0 amide bonds. The second-order valence-electron chi connectivity index (χ2n) is 5.04. The fourth-order valence-electron chi connectivity index (χ4n) is 2.63. The van der Waals surface area contributed by atoms with Gasteiger partial charge in [-0.05, 0) is 50.3 Å². The topological polar surface area (TPSA) is 35.5 Å². The van der Waals surface area contributed by atoms with Crippen LogP contribution >= 0.6 is 0 Å². The Morgan fingerprint density at radius 2 is 1.89 bits per heavy atom. The van der Waals surface area contributed by atoms with E-state index < -0.39 is 5.60 Å². The zero-order valence-electron chi connectivity index (χ0n) is 11.5. The van der Waals surface area contributed by atoms with Crippen molar-refractivity contribution in [2.24, 2.45) is 0 Å². The van der Waals surface area contributed by atoms with Crippen LogP contribution in [0.4, 0.5) is 0 Å². The lowest BCUT2D eigenvalue weighted by Crippen LogP contribution is -2.47. The summed E-state index contributed by atoms with van der Waals surface area (Å²) in [6, 6.07) is 3.92. The van der Waals surface area contributed by atoms with Gasteiger partial charge in [-0.25, -0.2) is 0 Å². The van der Waals surface area contributed by atoms with Crippen LogP contribution in [0.1, 0.15) is 40.7 Å². The van der Waals surface area contributed by atoms with E-state index in [0.29, 0.717) is 11.3 Å². The van der Waals surface area contributed by atoms with Crippen LogP contribution in [0.25, 0.3) is 0 Å². The van der Waals surface area contributed by atoms with Gasteiger partial charge >= 0.3 is 0 Å². The maximum absolute atomic E-state index is 12.7. The molecule has 1 saturated carbocycles. The van der Waals surface area contributed by atoms with E-state index in [-0.39, 0.29) is 5.78 Å². The van der Waals surface area contributed by atoms with E-state index in [4.69, 9.17) is 9.47 Å². The van der Waals surface area contributed by atoms with Crippen molar-refractivity contribution in [1.29, 1.82) is 0 Å². The summed E-state index contributed by atoms with van der Waals surface area (Å²) in [7, 11) is 3.22. The number of hydrogen-bond donors (Lipinski definition) is 0. The number of aryl methyl sites for hydroxylation is 2. The number of rotatable bonds is 4. The monoisotopic (exact) mass is 248 g/mol. The molecule has 0 bridgehead atoms. The van der Waals surface area contributed by atoms with Gasteiger partial charge in [0.25, 0.3) is 0 Å². The Morgan fingerprint density at radius 3 is 2.33 bits per heavy atom. The van der Waals surface area contributed by atoms with Gasteiger partial charge in [0.15, 0.2) is 5.78 Å². The van der Waals surface area contributed by atoms with Crippen molar-refractivity contribution in [1.82, 2.24) is 0 Å². The van der Waals surface area contributed by atoms with Crippen molar-refractivity contribution in [2.45, 2.75) is 38.7 Å². The fraction of sp³-hybridized carbons (Fsp3) is 0.533. The predicted octanol–water partition coefficient (Wildman–Crippen LogP) is 3.06. The molecule has 1 aliphatic rings. The van der Waals surface area contributed by atoms with E-state index in [2.05, 4.69) is 0 Å². The Labute approximate surface area is 108 Å². The van der Waals surface area contributed by atoms with E-state index in [1.54, 1.807) is 14.2 Å². The number of ketones is 1. The first kappa shape index (κ1) is 13.1. The minimum atomic E-state index is -0.618. The maximum Gasteiger partial charge on any atom is 0.198 e. The Hall–Kier alpha value is -1.35. The van der Waals surface area contributed by atoms with Gasteiger partial charge in [-0.2, -0.15) is 0 Å². The summed E-state index contributed by atoms with van der Waals surface area (Å²) in [6.07, 6.45) is 2.66. The lowest BCUT2D eigenvalue weighted by atomic mass is 9.74. The van der Waals surface area contributed by atoms with Crippen LogP contribution in [0.3, 0.4) is 0 Å². The Bertz CT molecular complexity index is 467. The highest BCUT2D eigenvalue weighted by molar-refractivity contribution is 6.06. The molecule has 0 heterocycles. The van der Waals surface area contributed by atoms with Crippen molar-refractivity contribution in [3.05, 3.63) is 28.8 Å². The highest BCUT2D eigenvalue weighted by Crippen LogP contribution is 2.40. The van der Waals surface area contributed by atoms with Crippen LogP contribution in [-0.2, 0) is 4.74 Å². The number of carbonyl (C=O) groups excluding carboxylic acids is 1. The van der Waals surface area contributed by atoms with Gasteiger partial charge in [-0.3, -0.25) is 4.79 Å². The van der Waals surface area contributed by atoms with E-state index in [1.165, 1.54) is 0 Å². The summed E-state index contributed by atoms with van der Waals surface area (Å²) in [4.78, 5) is 12.7. The summed E-state index contributed by atoms with van der Waals surface area (Å²) in [5, 5.41) is 0. The van der Waals surface area contributed by atoms with E-state index in [9.17, 15) is 4.79 Å². The average Bonchev–Trinajstić information content (AvgIpc) is 2.26. The molecule has 0 spiro atoms. The summed E-state index contributed by atoms with van der Waals surface area (Å²) in [6.45, 7) is 3.95. The molecule has 1 aliphatic carbocycles. The van der Waals surface area contributed by atoms with Gasteiger partial charge in [0.05, 0.1) is 12.7 Å². The van der Waals surface area contributed by atoms with Gasteiger partial charge in [0.2, 0.25) is 0 Å². The third-order valence-corrected chi connectivity index (χ3v) is 3.86. The molecule has 0 aliphatic heterocycles. The third-order valence-electron chi connectivity index (χ3n) is 3.86. The number of ether oxygens (including phenoxy) is 2. The Balaban J connectivity index is 2.47. The molecule has 1 aromatic carbocycles. The minimum absolute atomic E-state index is 0.0607. The Morgan fingerprint density at radius 1 is 1.22 bits per heavy atom. The van der Waals surface area contributed by atoms with Crippen molar-refractivity contribution >= 4 is 5.78 Å². The third kappa shape index (κ3) is 1.93. The standard InChI is InChI=1S/C15H20O3/c1-10-8-11(2)13(12(9-10)17-3)14(16)15(18-4)6-5-7-15/h8-9H,5-7H2,1-4H3. The molecule has 0 aromatic heterocycles. The van der Waals surface area contributed by atoms with Gasteiger partial charge in [-0.1, -0.05) is 6.07 Å². The first-order chi connectivity index (χ1) is 8.54. The lowest BCUT2D eigenvalue weighted by Gasteiger charge is -2.39. The molecule has 0 N–H and O–H groups in total. The van der Waals surface area contributed by atoms with Gasteiger partial charge in [0.1, 0.15) is 11.4 Å². The van der Waals surface area contributed by atoms with Crippen LogP contribution in [0.5, 0.6) is 5.75 Å². The van der Waals surface area contributed by atoms with Gasteiger partial charge < -0.3 is 9.47 Å². The minimum Gasteiger partial charge on any atom is -0.496 e. The summed E-state index contributed by atoms with van der Waals surface area (Å²) in [5.74, 6) is 0.714. The number of hydrogen-bond acceptors (Lipinski definition) is 3. The molecule has 3 heteroatoms. The number of carbonyl (C=O) groups is 1. The predicted molar refractivity (Wildman–Crippen MR) is 70.4 cm³/mol. The van der Waals surface area contributed by atoms with Crippen molar-refractivity contribution in [2.75, 3.05) is 14.2 Å².